The molecule has 1 atom stereocenters. The minimum Gasteiger partial charge on any atom is -0.354 e. The van der Waals surface area contributed by atoms with Crippen molar-refractivity contribution in [1.82, 2.24) is 10.2 Å². The SMILES string of the molecule is CCCCNC(=O)C(CC)N(Cc1ccc(Cl)c(Cl)c1)C(=O)CCCN(c1cccc(Cl)c1)S(C)(=O)=O. The van der Waals surface area contributed by atoms with E-state index in [-0.39, 0.29) is 37.7 Å². The molecule has 2 aromatic carbocycles. The van der Waals surface area contributed by atoms with E-state index in [2.05, 4.69) is 5.32 Å². The fraction of sp³-hybridized carbons (Fsp3) is 0.462. The average Bonchev–Trinajstić information content (AvgIpc) is 2.83. The van der Waals surface area contributed by atoms with Gasteiger partial charge in [-0.05, 0) is 55.2 Å². The van der Waals surface area contributed by atoms with Crippen LogP contribution in [0.25, 0.3) is 0 Å². The smallest absolute Gasteiger partial charge is 0.242 e. The average molecular weight is 591 g/mol. The first-order chi connectivity index (χ1) is 17.5. The number of carbonyl (C=O) groups excluding carboxylic acids is 2. The van der Waals surface area contributed by atoms with Crippen molar-refractivity contribution in [2.24, 2.45) is 0 Å². The van der Waals surface area contributed by atoms with Crippen LogP contribution < -0.4 is 9.62 Å². The number of nitrogens with zero attached hydrogens (tertiary/aromatic N) is 2. The highest BCUT2D eigenvalue weighted by Crippen LogP contribution is 2.25. The van der Waals surface area contributed by atoms with E-state index in [4.69, 9.17) is 34.8 Å². The van der Waals surface area contributed by atoms with Gasteiger partial charge in [0.15, 0.2) is 0 Å². The lowest BCUT2D eigenvalue weighted by molar-refractivity contribution is -0.141. The molecule has 0 aliphatic heterocycles. The molecule has 2 aromatic rings. The van der Waals surface area contributed by atoms with Crippen molar-refractivity contribution in [2.75, 3.05) is 23.7 Å². The molecule has 0 heterocycles. The zero-order valence-electron chi connectivity index (χ0n) is 21.3. The summed E-state index contributed by atoms with van der Waals surface area (Å²) in [5.74, 6) is -0.482. The van der Waals surface area contributed by atoms with Gasteiger partial charge in [-0.1, -0.05) is 67.2 Å². The molecule has 0 aromatic heterocycles. The Kier molecular flexibility index (Phi) is 12.5. The van der Waals surface area contributed by atoms with Crippen LogP contribution in [0.3, 0.4) is 0 Å². The third-order valence-electron chi connectivity index (χ3n) is 5.80. The van der Waals surface area contributed by atoms with E-state index in [0.717, 1.165) is 24.7 Å². The highest BCUT2D eigenvalue weighted by Gasteiger charge is 2.29. The molecule has 1 unspecified atom stereocenters. The normalized spacial score (nSPS) is 12.2. The van der Waals surface area contributed by atoms with Gasteiger partial charge in [0.05, 0.1) is 22.0 Å². The van der Waals surface area contributed by atoms with E-state index >= 15 is 0 Å². The second-order valence-electron chi connectivity index (χ2n) is 8.76. The summed E-state index contributed by atoms with van der Waals surface area (Å²) < 4.78 is 26.1. The lowest BCUT2D eigenvalue weighted by atomic mass is 10.1. The maximum Gasteiger partial charge on any atom is 0.242 e. The van der Waals surface area contributed by atoms with E-state index in [1.807, 2.05) is 13.8 Å². The maximum atomic E-state index is 13.5. The molecule has 1 N–H and O–H groups in total. The van der Waals surface area contributed by atoms with E-state index in [1.165, 1.54) is 9.21 Å². The van der Waals surface area contributed by atoms with Crippen molar-refractivity contribution in [3.63, 3.8) is 0 Å². The number of hydrogen-bond donors (Lipinski definition) is 1. The van der Waals surface area contributed by atoms with Crippen LogP contribution in [0.1, 0.15) is 51.5 Å². The summed E-state index contributed by atoms with van der Waals surface area (Å²) in [6.45, 7) is 4.67. The number of nitrogens with one attached hydrogen (secondary N) is 1. The van der Waals surface area contributed by atoms with Crippen molar-refractivity contribution >= 4 is 62.3 Å². The van der Waals surface area contributed by atoms with Crippen LogP contribution in [0, 0.1) is 0 Å². The topological polar surface area (TPSA) is 86.8 Å². The molecular weight excluding hydrogens is 557 g/mol. The third-order valence-corrected chi connectivity index (χ3v) is 7.97. The third kappa shape index (κ3) is 9.67. The molecule has 0 aliphatic carbocycles. The highest BCUT2D eigenvalue weighted by molar-refractivity contribution is 7.92. The van der Waals surface area contributed by atoms with Gasteiger partial charge in [-0.25, -0.2) is 8.42 Å². The second-order valence-corrected chi connectivity index (χ2v) is 11.9. The van der Waals surface area contributed by atoms with Crippen LogP contribution in [0.4, 0.5) is 5.69 Å². The molecule has 0 radical (unpaired) electrons. The minimum atomic E-state index is -3.60. The number of hydrogen-bond acceptors (Lipinski definition) is 4. The predicted molar refractivity (Wildman–Crippen MR) is 152 cm³/mol. The number of sulfonamides is 1. The first kappa shape index (κ1) is 31.2. The molecule has 37 heavy (non-hydrogen) atoms. The number of rotatable bonds is 14. The molecule has 0 fully saturated rings. The summed E-state index contributed by atoms with van der Waals surface area (Å²) in [7, 11) is -3.60. The van der Waals surface area contributed by atoms with Crippen LogP contribution in [-0.4, -0.2) is 50.5 Å². The number of carbonyl (C=O) groups is 2. The minimum absolute atomic E-state index is 0.0483. The summed E-state index contributed by atoms with van der Waals surface area (Å²) in [4.78, 5) is 28.0. The van der Waals surface area contributed by atoms with Crippen molar-refractivity contribution in [3.8, 4) is 0 Å². The van der Waals surface area contributed by atoms with Gasteiger partial charge in [0, 0.05) is 31.1 Å². The summed E-state index contributed by atoms with van der Waals surface area (Å²) in [5, 5.41) is 4.09. The van der Waals surface area contributed by atoms with Crippen LogP contribution in [0.15, 0.2) is 42.5 Å². The molecule has 2 amide bonds. The standard InChI is InChI=1S/C26H34Cl3N3O4S/c1-4-6-14-30-26(34)24(5-2)31(18-19-12-13-22(28)23(29)16-19)25(33)11-8-15-32(37(3,35)36)21-10-7-9-20(27)17-21/h7,9-10,12-13,16-17,24H,4-6,8,11,14-15,18H2,1-3H3,(H,30,34). The highest BCUT2D eigenvalue weighted by atomic mass is 35.5. The summed E-state index contributed by atoms with van der Waals surface area (Å²) >= 11 is 18.3. The summed E-state index contributed by atoms with van der Waals surface area (Å²) in [6, 6.07) is 11.0. The summed E-state index contributed by atoms with van der Waals surface area (Å²) in [6.07, 6.45) is 3.61. The molecule has 2 rings (SSSR count). The van der Waals surface area contributed by atoms with Gasteiger partial charge in [0.2, 0.25) is 21.8 Å². The van der Waals surface area contributed by atoms with Crippen LogP contribution in [0.5, 0.6) is 0 Å². The summed E-state index contributed by atoms with van der Waals surface area (Å²) in [5.41, 5.74) is 1.16. The predicted octanol–water partition coefficient (Wildman–Crippen LogP) is 5.92. The van der Waals surface area contributed by atoms with Crippen molar-refractivity contribution < 1.29 is 18.0 Å². The van der Waals surface area contributed by atoms with Crippen molar-refractivity contribution in [1.29, 1.82) is 0 Å². The van der Waals surface area contributed by atoms with Gasteiger partial charge in [-0.15, -0.1) is 0 Å². The molecule has 0 saturated heterocycles. The van der Waals surface area contributed by atoms with Crippen LogP contribution >= 0.6 is 34.8 Å². The Labute approximate surface area is 235 Å². The number of anilines is 1. The Hall–Kier alpha value is -2.00. The zero-order chi connectivity index (χ0) is 27.6. The Morgan fingerprint density at radius 3 is 2.32 bits per heavy atom. The molecule has 0 bridgehead atoms. The van der Waals surface area contributed by atoms with Crippen LogP contribution in [-0.2, 0) is 26.2 Å². The van der Waals surface area contributed by atoms with Crippen molar-refractivity contribution in [3.05, 3.63) is 63.1 Å². The number of benzene rings is 2. The van der Waals surface area contributed by atoms with E-state index < -0.39 is 16.1 Å². The Bertz CT molecular complexity index is 1180. The van der Waals surface area contributed by atoms with Gasteiger partial charge in [0.1, 0.15) is 6.04 Å². The number of unbranched alkanes of at least 4 members (excludes halogenated alkanes) is 1. The van der Waals surface area contributed by atoms with E-state index in [9.17, 15) is 18.0 Å². The van der Waals surface area contributed by atoms with E-state index in [1.54, 1.807) is 42.5 Å². The molecule has 0 aliphatic rings. The van der Waals surface area contributed by atoms with Gasteiger partial charge < -0.3 is 10.2 Å². The van der Waals surface area contributed by atoms with Gasteiger partial charge in [-0.3, -0.25) is 13.9 Å². The van der Waals surface area contributed by atoms with Gasteiger partial charge in [-0.2, -0.15) is 0 Å². The Balaban J connectivity index is 2.22. The Morgan fingerprint density at radius 1 is 1.00 bits per heavy atom. The zero-order valence-corrected chi connectivity index (χ0v) is 24.4. The lowest BCUT2D eigenvalue weighted by Crippen LogP contribution is -2.49. The van der Waals surface area contributed by atoms with Gasteiger partial charge >= 0.3 is 0 Å². The molecule has 7 nitrogen and oxygen atoms in total. The lowest BCUT2D eigenvalue weighted by Gasteiger charge is -2.31. The molecular formula is C26H34Cl3N3O4S. The largest absolute Gasteiger partial charge is 0.354 e. The first-order valence-electron chi connectivity index (χ1n) is 12.2. The monoisotopic (exact) mass is 589 g/mol. The fourth-order valence-corrected chi connectivity index (χ4v) is 5.36. The van der Waals surface area contributed by atoms with Crippen LogP contribution in [0.2, 0.25) is 15.1 Å². The first-order valence-corrected chi connectivity index (χ1v) is 15.2. The number of halogens is 3. The maximum absolute atomic E-state index is 13.5. The van der Waals surface area contributed by atoms with Gasteiger partial charge in [0.25, 0.3) is 0 Å². The fourth-order valence-electron chi connectivity index (χ4n) is 3.90. The molecule has 0 spiro atoms. The van der Waals surface area contributed by atoms with Crippen molar-refractivity contribution in [2.45, 2.75) is 58.5 Å². The molecule has 204 valence electrons. The second kappa shape index (κ2) is 14.8. The quantitative estimate of drug-likeness (QED) is 0.277. The molecule has 0 saturated carbocycles. The molecule has 11 heteroatoms. The van der Waals surface area contributed by atoms with E-state index in [0.29, 0.717) is 33.7 Å². The Morgan fingerprint density at radius 2 is 1.73 bits per heavy atom. The number of amides is 2.